The molecule has 0 aliphatic carbocycles. The van der Waals surface area contributed by atoms with Gasteiger partial charge in [0.25, 0.3) is 0 Å². The van der Waals surface area contributed by atoms with Crippen molar-refractivity contribution in [2.45, 2.75) is 52.1 Å². The Bertz CT molecular complexity index is 1080. The molecule has 1 atom stereocenters. The van der Waals surface area contributed by atoms with Gasteiger partial charge in [-0.15, -0.1) is 0 Å². The summed E-state index contributed by atoms with van der Waals surface area (Å²) in [4.78, 5) is 11.2. The van der Waals surface area contributed by atoms with Crippen LogP contribution in [-0.4, -0.2) is 24.8 Å². The first-order valence-corrected chi connectivity index (χ1v) is 11.9. The molecule has 0 aliphatic heterocycles. The van der Waals surface area contributed by atoms with E-state index in [0.29, 0.717) is 13.2 Å². The highest BCUT2D eigenvalue weighted by atomic mass is 16.5. The highest BCUT2D eigenvalue weighted by Crippen LogP contribution is 2.34. The number of benzene rings is 3. The molecule has 0 heterocycles. The Morgan fingerprint density at radius 1 is 0.941 bits per heavy atom. The van der Waals surface area contributed by atoms with Gasteiger partial charge in [0.05, 0.1) is 20.1 Å². The normalized spacial score (nSPS) is 11.6. The molecule has 1 N–H and O–H groups in total. The predicted molar refractivity (Wildman–Crippen MR) is 135 cm³/mol. The van der Waals surface area contributed by atoms with Crippen molar-refractivity contribution in [3.63, 3.8) is 0 Å². The van der Waals surface area contributed by atoms with Gasteiger partial charge >= 0.3 is 5.97 Å². The van der Waals surface area contributed by atoms with Gasteiger partial charge in [-0.2, -0.15) is 0 Å². The molecule has 3 rings (SSSR count). The van der Waals surface area contributed by atoms with Crippen molar-refractivity contribution in [1.29, 1.82) is 0 Å². The van der Waals surface area contributed by atoms with Crippen molar-refractivity contribution >= 4 is 5.97 Å². The molecule has 5 nitrogen and oxygen atoms in total. The standard InChI is InChI=1S/C29H34O5/c1-4-6-15-33-28-16-21(13-14-27(28)24-10-8-11-25(18-24)32-3)20-34-26-12-7-9-23(17-26)22(5-2)19-29(30)31/h7-14,16-18,22H,4-6,15,19-20H2,1-3H3,(H,30,31)/t22-/m0/s1. The fourth-order valence-electron chi connectivity index (χ4n) is 3.87. The van der Waals surface area contributed by atoms with Gasteiger partial charge in [0.2, 0.25) is 0 Å². The fourth-order valence-corrected chi connectivity index (χ4v) is 3.87. The lowest BCUT2D eigenvalue weighted by atomic mass is 9.93. The number of carboxylic acids is 1. The van der Waals surface area contributed by atoms with Gasteiger partial charge in [-0.3, -0.25) is 4.79 Å². The molecule has 0 aliphatic rings. The number of carboxylic acid groups (broad SMARTS) is 1. The topological polar surface area (TPSA) is 65.0 Å². The lowest BCUT2D eigenvalue weighted by molar-refractivity contribution is -0.137. The van der Waals surface area contributed by atoms with Gasteiger partial charge in [0.1, 0.15) is 23.9 Å². The van der Waals surface area contributed by atoms with Gasteiger partial charge in [-0.1, -0.05) is 56.7 Å². The number of ether oxygens (including phenoxy) is 3. The maximum absolute atomic E-state index is 11.2. The van der Waals surface area contributed by atoms with E-state index in [1.54, 1.807) is 7.11 Å². The van der Waals surface area contributed by atoms with Gasteiger partial charge in [-0.05, 0) is 65.8 Å². The molecule has 0 unspecified atom stereocenters. The number of hydrogen-bond donors (Lipinski definition) is 1. The van der Waals surface area contributed by atoms with E-state index < -0.39 is 5.97 Å². The third-order valence-electron chi connectivity index (χ3n) is 5.83. The van der Waals surface area contributed by atoms with E-state index >= 15 is 0 Å². The van der Waals surface area contributed by atoms with E-state index in [0.717, 1.165) is 58.8 Å². The molecule has 0 amide bonds. The Balaban J connectivity index is 1.79. The first-order chi connectivity index (χ1) is 16.5. The van der Waals surface area contributed by atoms with Crippen LogP contribution in [0.4, 0.5) is 0 Å². The minimum atomic E-state index is -0.787. The van der Waals surface area contributed by atoms with Crippen LogP contribution in [0.2, 0.25) is 0 Å². The van der Waals surface area contributed by atoms with Gasteiger partial charge in [0, 0.05) is 5.56 Å². The fraction of sp³-hybridized carbons (Fsp3) is 0.345. The molecule has 0 spiro atoms. The number of methoxy groups -OCH3 is 1. The van der Waals surface area contributed by atoms with Crippen molar-refractivity contribution in [1.82, 2.24) is 0 Å². The van der Waals surface area contributed by atoms with Crippen LogP contribution in [0.1, 0.15) is 56.6 Å². The Morgan fingerprint density at radius 2 is 1.74 bits per heavy atom. The molecule has 5 heteroatoms. The molecule has 3 aromatic carbocycles. The largest absolute Gasteiger partial charge is 0.497 e. The summed E-state index contributed by atoms with van der Waals surface area (Å²) >= 11 is 0. The molecular formula is C29H34O5. The van der Waals surface area contributed by atoms with E-state index in [-0.39, 0.29) is 12.3 Å². The SMILES string of the molecule is CCCCOc1cc(COc2cccc([C@@H](CC)CC(=O)O)c2)ccc1-c1cccc(OC)c1. The zero-order valence-corrected chi connectivity index (χ0v) is 20.3. The van der Waals surface area contributed by atoms with Crippen LogP contribution in [0, 0.1) is 0 Å². The molecule has 3 aromatic rings. The van der Waals surface area contributed by atoms with Crippen molar-refractivity contribution in [3.05, 3.63) is 77.9 Å². The highest BCUT2D eigenvalue weighted by Gasteiger charge is 2.14. The second-order valence-electron chi connectivity index (χ2n) is 8.33. The quantitative estimate of drug-likeness (QED) is 0.275. The van der Waals surface area contributed by atoms with E-state index in [9.17, 15) is 9.90 Å². The number of rotatable bonds is 13. The van der Waals surface area contributed by atoms with E-state index in [1.165, 1.54) is 0 Å². The van der Waals surface area contributed by atoms with E-state index in [4.69, 9.17) is 14.2 Å². The van der Waals surface area contributed by atoms with E-state index in [1.807, 2.05) is 67.6 Å². The molecule has 0 fully saturated rings. The minimum Gasteiger partial charge on any atom is -0.497 e. The Kier molecular flexibility index (Phi) is 9.39. The number of aliphatic carboxylic acids is 1. The lowest BCUT2D eigenvalue weighted by Gasteiger charge is -2.16. The molecule has 0 saturated heterocycles. The van der Waals surface area contributed by atoms with Crippen LogP contribution in [-0.2, 0) is 11.4 Å². The average Bonchev–Trinajstić information content (AvgIpc) is 2.86. The van der Waals surface area contributed by atoms with Crippen LogP contribution >= 0.6 is 0 Å². The molecule has 0 bridgehead atoms. The number of hydrogen-bond acceptors (Lipinski definition) is 4. The smallest absolute Gasteiger partial charge is 0.303 e. The van der Waals surface area contributed by atoms with Gasteiger partial charge < -0.3 is 19.3 Å². The van der Waals surface area contributed by atoms with Crippen molar-refractivity contribution in [3.8, 4) is 28.4 Å². The molecule has 0 aromatic heterocycles. The van der Waals surface area contributed by atoms with Crippen LogP contribution in [0.3, 0.4) is 0 Å². The third-order valence-corrected chi connectivity index (χ3v) is 5.83. The van der Waals surface area contributed by atoms with Crippen molar-refractivity contribution < 1.29 is 24.1 Å². The van der Waals surface area contributed by atoms with Crippen LogP contribution in [0.15, 0.2) is 66.7 Å². The van der Waals surface area contributed by atoms with Crippen LogP contribution in [0.5, 0.6) is 17.2 Å². The summed E-state index contributed by atoms with van der Waals surface area (Å²) in [5.41, 5.74) is 4.04. The summed E-state index contributed by atoms with van der Waals surface area (Å²) in [6.07, 6.45) is 2.93. The zero-order chi connectivity index (χ0) is 24.3. The lowest BCUT2D eigenvalue weighted by Crippen LogP contribution is -2.06. The molecule has 180 valence electrons. The maximum Gasteiger partial charge on any atom is 0.303 e. The Hall–Kier alpha value is -3.47. The first-order valence-electron chi connectivity index (χ1n) is 11.9. The summed E-state index contributed by atoms with van der Waals surface area (Å²) in [6.45, 7) is 5.19. The van der Waals surface area contributed by atoms with Gasteiger partial charge in [0.15, 0.2) is 0 Å². The maximum atomic E-state index is 11.2. The molecule has 0 saturated carbocycles. The molecular weight excluding hydrogens is 428 g/mol. The summed E-state index contributed by atoms with van der Waals surface area (Å²) in [7, 11) is 1.66. The van der Waals surface area contributed by atoms with Gasteiger partial charge in [-0.25, -0.2) is 0 Å². The number of unbranched alkanes of at least 4 members (excludes halogenated alkanes) is 1. The highest BCUT2D eigenvalue weighted by molar-refractivity contribution is 5.72. The second-order valence-corrected chi connectivity index (χ2v) is 8.33. The first kappa shape index (κ1) is 25.2. The third kappa shape index (κ3) is 7.01. The number of carbonyl (C=O) groups is 1. The predicted octanol–water partition coefficient (Wildman–Crippen LogP) is 7.09. The second kappa shape index (κ2) is 12.7. The Morgan fingerprint density at radius 3 is 2.47 bits per heavy atom. The van der Waals surface area contributed by atoms with E-state index in [2.05, 4.69) is 13.0 Å². The Labute approximate surface area is 202 Å². The zero-order valence-electron chi connectivity index (χ0n) is 20.3. The summed E-state index contributed by atoms with van der Waals surface area (Å²) < 4.78 is 17.6. The average molecular weight is 463 g/mol. The molecule has 0 radical (unpaired) electrons. The summed E-state index contributed by atoms with van der Waals surface area (Å²) in [5.74, 6) is 1.54. The molecule has 34 heavy (non-hydrogen) atoms. The van der Waals surface area contributed by atoms with Crippen molar-refractivity contribution in [2.24, 2.45) is 0 Å². The van der Waals surface area contributed by atoms with Crippen LogP contribution < -0.4 is 14.2 Å². The van der Waals surface area contributed by atoms with Crippen LogP contribution in [0.25, 0.3) is 11.1 Å². The summed E-state index contributed by atoms with van der Waals surface area (Å²) in [6, 6.07) is 21.8. The monoisotopic (exact) mass is 462 g/mol. The van der Waals surface area contributed by atoms with Crippen molar-refractivity contribution in [2.75, 3.05) is 13.7 Å². The summed E-state index contributed by atoms with van der Waals surface area (Å²) in [5, 5.41) is 9.18. The minimum absolute atomic E-state index is 0.0261.